The van der Waals surface area contributed by atoms with Crippen molar-refractivity contribution in [3.63, 3.8) is 0 Å². The number of nitrogens with two attached hydrogens (primary N) is 1. The maximum Gasteiger partial charge on any atom is 0.165 e. The Morgan fingerprint density at radius 2 is 2.21 bits per heavy atom. The molecule has 1 saturated heterocycles. The monoisotopic (exact) mass is 267 g/mol. The molecule has 4 heteroatoms. The normalized spacial score (nSPS) is 18.7. The van der Waals surface area contributed by atoms with Gasteiger partial charge in [0.2, 0.25) is 0 Å². The van der Waals surface area contributed by atoms with Crippen molar-refractivity contribution in [2.24, 2.45) is 5.73 Å². The topological polar surface area (TPSA) is 44.5 Å². The average molecular weight is 267 g/mol. The lowest BCUT2D eigenvalue weighted by Gasteiger charge is -2.42. The molecule has 1 fully saturated rings. The van der Waals surface area contributed by atoms with Crippen LogP contribution >= 0.6 is 0 Å². The van der Waals surface area contributed by atoms with Gasteiger partial charge in [-0.25, -0.2) is 4.39 Å². The highest BCUT2D eigenvalue weighted by molar-refractivity contribution is 5.35. The molecule has 0 amide bonds. The fourth-order valence-electron chi connectivity index (χ4n) is 2.41. The Balaban J connectivity index is 2.16. The van der Waals surface area contributed by atoms with Gasteiger partial charge in [-0.3, -0.25) is 0 Å². The molecule has 2 rings (SSSR count). The second kappa shape index (κ2) is 5.88. The third kappa shape index (κ3) is 3.07. The van der Waals surface area contributed by atoms with Crippen molar-refractivity contribution in [1.82, 2.24) is 0 Å². The van der Waals surface area contributed by atoms with E-state index in [0.29, 0.717) is 25.6 Å². The second-order valence-electron chi connectivity index (χ2n) is 5.37. The van der Waals surface area contributed by atoms with Crippen LogP contribution in [0, 0.1) is 5.82 Å². The molecular weight excluding hydrogens is 245 g/mol. The van der Waals surface area contributed by atoms with E-state index >= 15 is 0 Å². The second-order valence-corrected chi connectivity index (χ2v) is 5.37. The molecule has 1 aliphatic rings. The molecular formula is C15H22FNO2. The molecule has 3 nitrogen and oxygen atoms in total. The van der Waals surface area contributed by atoms with E-state index in [0.717, 1.165) is 18.4 Å². The molecule has 0 radical (unpaired) electrons. The number of rotatable bonds is 6. The first-order valence-electron chi connectivity index (χ1n) is 6.83. The number of ether oxygens (including phenoxy) is 2. The minimum atomic E-state index is -0.300. The number of halogens is 1. The van der Waals surface area contributed by atoms with Crippen LogP contribution < -0.4 is 10.5 Å². The summed E-state index contributed by atoms with van der Waals surface area (Å²) < 4.78 is 24.5. The van der Waals surface area contributed by atoms with E-state index in [9.17, 15) is 4.39 Å². The van der Waals surface area contributed by atoms with Crippen molar-refractivity contribution in [3.05, 3.63) is 29.6 Å². The standard InChI is InChI=1S/C15H22FNO2/c1-3-19-14-5-4-12(8-13(14)16)15(9-18-10-15)7-6-11(2)17/h4-5,8,11H,3,6-7,9-10,17H2,1-2H3. The van der Waals surface area contributed by atoms with Gasteiger partial charge >= 0.3 is 0 Å². The number of benzene rings is 1. The minimum Gasteiger partial charge on any atom is -0.491 e. The zero-order valence-corrected chi connectivity index (χ0v) is 11.6. The molecule has 106 valence electrons. The summed E-state index contributed by atoms with van der Waals surface area (Å²) in [5.41, 5.74) is 6.73. The Kier molecular flexibility index (Phi) is 4.42. The molecule has 2 N–H and O–H groups in total. The van der Waals surface area contributed by atoms with Gasteiger partial charge in [0.05, 0.1) is 19.8 Å². The van der Waals surface area contributed by atoms with Crippen LogP contribution in [-0.4, -0.2) is 25.9 Å². The minimum absolute atomic E-state index is 0.0702. The van der Waals surface area contributed by atoms with Crippen LogP contribution in [0.25, 0.3) is 0 Å². The van der Waals surface area contributed by atoms with E-state index in [1.807, 2.05) is 19.9 Å². The summed E-state index contributed by atoms with van der Waals surface area (Å²) >= 11 is 0. The highest BCUT2D eigenvalue weighted by Gasteiger charge is 2.40. The predicted molar refractivity (Wildman–Crippen MR) is 72.9 cm³/mol. The summed E-state index contributed by atoms with van der Waals surface area (Å²) in [6, 6.07) is 5.39. The molecule has 1 atom stereocenters. The van der Waals surface area contributed by atoms with E-state index < -0.39 is 0 Å². The van der Waals surface area contributed by atoms with E-state index in [-0.39, 0.29) is 17.3 Å². The largest absolute Gasteiger partial charge is 0.491 e. The van der Waals surface area contributed by atoms with Gasteiger partial charge in [0.25, 0.3) is 0 Å². The molecule has 19 heavy (non-hydrogen) atoms. The summed E-state index contributed by atoms with van der Waals surface area (Å²) in [6.45, 7) is 5.60. The van der Waals surface area contributed by atoms with Crippen molar-refractivity contribution in [2.45, 2.75) is 38.1 Å². The van der Waals surface area contributed by atoms with Crippen LogP contribution in [0.3, 0.4) is 0 Å². The molecule has 0 aliphatic carbocycles. The highest BCUT2D eigenvalue weighted by Crippen LogP contribution is 2.38. The van der Waals surface area contributed by atoms with Gasteiger partial charge in [-0.2, -0.15) is 0 Å². The Morgan fingerprint density at radius 3 is 2.68 bits per heavy atom. The van der Waals surface area contributed by atoms with Crippen LogP contribution in [0.1, 0.15) is 32.3 Å². The number of hydrogen-bond donors (Lipinski definition) is 1. The van der Waals surface area contributed by atoms with Crippen molar-refractivity contribution in [3.8, 4) is 5.75 Å². The first kappa shape index (κ1) is 14.3. The molecule has 1 aromatic carbocycles. The van der Waals surface area contributed by atoms with Crippen LogP contribution in [-0.2, 0) is 10.2 Å². The Labute approximate surface area is 113 Å². The summed E-state index contributed by atoms with van der Waals surface area (Å²) in [5, 5.41) is 0. The van der Waals surface area contributed by atoms with Crippen molar-refractivity contribution in [2.75, 3.05) is 19.8 Å². The third-order valence-corrected chi connectivity index (χ3v) is 3.68. The number of hydrogen-bond acceptors (Lipinski definition) is 3. The molecule has 0 spiro atoms. The molecule has 1 unspecified atom stereocenters. The molecule has 1 heterocycles. The zero-order chi connectivity index (χ0) is 13.9. The van der Waals surface area contributed by atoms with Crippen LogP contribution in [0.2, 0.25) is 0 Å². The van der Waals surface area contributed by atoms with Gasteiger partial charge in [0.15, 0.2) is 11.6 Å². The van der Waals surface area contributed by atoms with Gasteiger partial charge in [0.1, 0.15) is 0 Å². The summed E-state index contributed by atoms with van der Waals surface area (Å²) in [7, 11) is 0. The van der Waals surface area contributed by atoms with Crippen molar-refractivity contribution in [1.29, 1.82) is 0 Å². The lowest BCUT2D eigenvalue weighted by atomic mass is 9.74. The van der Waals surface area contributed by atoms with Gasteiger partial charge < -0.3 is 15.2 Å². The average Bonchev–Trinajstić information content (AvgIpc) is 2.31. The van der Waals surface area contributed by atoms with Crippen LogP contribution in [0.15, 0.2) is 18.2 Å². The summed E-state index contributed by atoms with van der Waals surface area (Å²) in [4.78, 5) is 0. The molecule has 1 aromatic rings. The van der Waals surface area contributed by atoms with Gasteiger partial charge in [0, 0.05) is 11.5 Å². The first-order valence-corrected chi connectivity index (χ1v) is 6.83. The Bertz CT molecular complexity index is 430. The van der Waals surface area contributed by atoms with E-state index in [4.69, 9.17) is 15.2 Å². The Morgan fingerprint density at radius 1 is 1.47 bits per heavy atom. The van der Waals surface area contributed by atoms with E-state index in [1.165, 1.54) is 0 Å². The SMILES string of the molecule is CCOc1ccc(C2(CCC(C)N)COC2)cc1F. The zero-order valence-electron chi connectivity index (χ0n) is 11.6. The van der Waals surface area contributed by atoms with Crippen LogP contribution in [0.4, 0.5) is 4.39 Å². The first-order chi connectivity index (χ1) is 9.07. The smallest absolute Gasteiger partial charge is 0.165 e. The van der Waals surface area contributed by atoms with Crippen LogP contribution in [0.5, 0.6) is 5.75 Å². The predicted octanol–water partition coefficient (Wildman–Crippen LogP) is 2.62. The molecule has 1 aliphatic heterocycles. The summed E-state index contributed by atoms with van der Waals surface area (Å²) in [5.74, 6) is 0.0141. The molecule has 0 aromatic heterocycles. The highest BCUT2D eigenvalue weighted by atomic mass is 19.1. The third-order valence-electron chi connectivity index (χ3n) is 3.68. The maximum absolute atomic E-state index is 13.9. The van der Waals surface area contributed by atoms with Crippen molar-refractivity contribution >= 4 is 0 Å². The molecule has 0 saturated carbocycles. The lowest BCUT2D eigenvalue weighted by molar-refractivity contribution is -0.0658. The maximum atomic E-state index is 13.9. The Hall–Kier alpha value is -1.13. The lowest BCUT2D eigenvalue weighted by Crippen LogP contribution is -2.47. The quantitative estimate of drug-likeness (QED) is 0.861. The van der Waals surface area contributed by atoms with Crippen molar-refractivity contribution < 1.29 is 13.9 Å². The van der Waals surface area contributed by atoms with Gasteiger partial charge in [-0.05, 0) is 44.4 Å². The fraction of sp³-hybridized carbons (Fsp3) is 0.600. The molecule has 0 bridgehead atoms. The van der Waals surface area contributed by atoms with E-state index in [2.05, 4.69) is 0 Å². The van der Waals surface area contributed by atoms with Gasteiger partial charge in [-0.15, -0.1) is 0 Å². The van der Waals surface area contributed by atoms with Gasteiger partial charge in [-0.1, -0.05) is 6.07 Å². The fourth-order valence-corrected chi connectivity index (χ4v) is 2.41. The summed E-state index contributed by atoms with van der Waals surface area (Å²) in [6.07, 6.45) is 1.84. The van der Waals surface area contributed by atoms with E-state index in [1.54, 1.807) is 12.1 Å².